The standard InChI is InChI=1S/C29H31Cl3N2O3/c1-4-20(3)33-29(36)27(16-21-9-6-5-7-10-21)34(17-23-25(31)11-8-12-26(23)32)28(35)18-37-22-13-14-24(30)19(2)15-22/h5-15,20,27H,4,16-18H2,1-3H3,(H,33,36)/t20-,27+/m0/s1. The minimum Gasteiger partial charge on any atom is -0.484 e. The quantitative estimate of drug-likeness (QED) is 0.277. The van der Waals surface area contributed by atoms with Gasteiger partial charge in [0.2, 0.25) is 5.91 Å². The van der Waals surface area contributed by atoms with Crippen molar-refractivity contribution in [2.75, 3.05) is 6.61 Å². The topological polar surface area (TPSA) is 58.6 Å². The lowest BCUT2D eigenvalue weighted by Crippen LogP contribution is -2.53. The molecule has 0 aromatic heterocycles. The number of ether oxygens (including phenoxy) is 1. The number of hydrogen-bond donors (Lipinski definition) is 1. The Hall–Kier alpha value is -2.73. The van der Waals surface area contributed by atoms with Gasteiger partial charge in [0.15, 0.2) is 6.61 Å². The number of carbonyl (C=O) groups is 2. The predicted octanol–water partition coefficient (Wildman–Crippen LogP) is 6.89. The molecule has 0 saturated carbocycles. The van der Waals surface area contributed by atoms with Crippen LogP contribution in [0.15, 0.2) is 66.7 Å². The monoisotopic (exact) mass is 560 g/mol. The molecule has 0 spiro atoms. The van der Waals surface area contributed by atoms with E-state index in [9.17, 15) is 9.59 Å². The molecule has 8 heteroatoms. The van der Waals surface area contributed by atoms with Crippen LogP contribution >= 0.6 is 34.8 Å². The van der Waals surface area contributed by atoms with E-state index in [4.69, 9.17) is 39.5 Å². The number of benzene rings is 3. The molecule has 0 unspecified atom stereocenters. The molecule has 3 aromatic carbocycles. The van der Waals surface area contributed by atoms with Gasteiger partial charge in [-0.2, -0.15) is 0 Å². The van der Waals surface area contributed by atoms with Crippen LogP contribution in [0.3, 0.4) is 0 Å². The first-order chi connectivity index (χ1) is 17.7. The Morgan fingerprint density at radius 2 is 1.62 bits per heavy atom. The molecular weight excluding hydrogens is 531 g/mol. The van der Waals surface area contributed by atoms with E-state index in [-0.39, 0.29) is 31.0 Å². The van der Waals surface area contributed by atoms with Crippen molar-refractivity contribution in [1.82, 2.24) is 10.2 Å². The molecule has 2 amide bonds. The van der Waals surface area contributed by atoms with Gasteiger partial charge in [0.25, 0.3) is 5.91 Å². The average Bonchev–Trinajstić information content (AvgIpc) is 2.88. The number of rotatable bonds is 11. The molecule has 0 radical (unpaired) electrons. The number of aryl methyl sites for hydroxylation is 1. The summed E-state index contributed by atoms with van der Waals surface area (Å²) in [4.78, 5) is 28.7. The van der Waals surface area contributed by atoms with Gasteiger partial charge in [-0.3, -0.25) is 9.59 Å². The Morgan fingerprint density at radius 1 is 0.946 bits per heavy atom. The van der Waals surface area contributed by atoms with Crippen LogP contribution in [0.4, 0.5) is 0 Å². The molecule has 0 aliphatic carbocycles. The van der Waals surface area contributed by atoms with Gasteiger partial charge < -0.3 is 15.0 Å². The van der Waals surface area contributed by atoms with Crippen molar-refractivity contribution >= 4 is 46.6 Å². The molecule has 0 aliphatic rings. The molecule has 1 N–H and O–H groups in total. The fourth-order valence-corrected chi connectivity index (χ4v) is 4.42. The maximum atomic E-state index is 13.7. The van der Waals surface area contributed by atoms with E-state index in [1.807, 2.05) is 51.1 Å². The highest BCUT2D eigenvalue weighted by molar-refractivity contribution is 6.36. The van der Waals surface area contributed by atoms with Crippen LogP contribution in [0, 0.1) is 6.92 Å². The normalized spacial score (nSPS) is 12.5. The summed E-state index contributed by atoms with van der Waals surface area (Å²) in [6.07, 6.45) is 1.07. The summed E-state index contributed by atoms with van der Waals surface area (Å²) in [5.74, 6) is -0.115. The Bertz CT molecular complexity index is 1200. The Kier molecular flexibility index (Phi) is 10.7. The van der Waals surface area contributed by atoms with Gasteiger partial charge in [-0.05, 0) is 61.7 Å². The number of hydrogen-bond acceptors (Lipinski definition) is 3. The lowest BCUT2D eigenvalue weighted by molar-refractivity contribution is -0.143. The summed E-state index contributed by atoms with van der Waals surface area (Å²) < 4.78 is 5.82. The Balaban J connectivity index is 1.96. The molecule has 2 atom stereocenters. The van der Waals surface area contributed by atoms with E-state index in [1.165, 1.54) is 4.90 Å². The molecule has 0 aliphatic heterocycles. The number of amides is 2. The van der Waals surface area contributed by atoms with Gasteiger partial charge in [0.1, 0.15) is 11.8 Å². The van der Waals surface area contributed by atoms with Crippen LogP contribution in [-0.2, 0) is 22.6 Å². The molecule has 0 heterocycles. The second kappa shape index (κ2) is 13.7. The maximum absolute atomic E-state index is 13.7. The third-order valence-corrected chi connectivity index (χ3v) is 7.29. The lowest BCUT2D eigenvalue weighted by atomic mass is 10.0. The number of halogens is 3. The van der Waals surface area contributed by atoms with Crippen LogP contribution in [-0.4, -0.2) is 35.4 Å². The second-order valence-electron chi connectivity index (χ2n) is 8.94. The smallest absolute Gasteiger partial charge is 0.261 e. The Labute approximate surface area is 233 Å². The van der Waals surface area contributed by atoms with Crippen molar-refractivity contribution in [1.29, 1.82) is 0 Å². The van der Waals surface area contributed by atoms with E-state index >= 15 is 0 Å². The molecule has 3 aromatic rings. The zero-order chi connectivity index (χ0) is 26.9. The van der Waals surface area contributed by atoms with Crippen LogP contribution in [0.1, 0.15) is 37.0 Å². The highest BCUT2D eigenvalue weighted by Crippen LogP contribution is 2.28. The number of nitrogens with zero attached hydrogens (tertiary/aromatic N) is 1. The van der Waals surface area contributed by atoms with Crippen LogP contribution in [0.25, 0.3) is 0 Å². The fraction of sp³-hybridized carbons (Fsp3) is 0.310. The summed E-state index contributed by atoms with van der Waals surface area (Å²) in [5.41, 5.74) is 2.32. The van der Waals surface area contributed by atoms with Gasteiger partial charge in [-0.1, -0.05) is 78.1 Å². The van der Waals surface area contributed by atoms with Crippen molar-refractivity contribution in [2.24, 2.45) is 0 Å². The minimum atomic E-state index is -0.813. The van der Waals surface area contributed by atoms with E-state index in [0.29, 0.717) is 32.8 Å². The second-order valence-corrected chi connectivity index (χ2v) is 10.2. The first-order valence-corrected chi connectivity index (χ1v) is 13.3. The van der Waals surface area contributed by atoms with Crippen molar-refractivity contribution in [3.8, 4) is 5.75 Å². The van der Waals surface area contributed by atoms with Crippen LogP contribution in [0.2, 0.25) is 15.1 Å². The van der Waals surface area contributed by atoms with Crippen molar-refractivity contribution in [3.05, 3.63) is 98.5 Å². The van der Waals surface area contributed by atoms with Gasteiger partial charge in [-0.25, -0.2) is 0 Å². The predicted molar refractivity (Wildman–Crippen MR) is 151 cm³/mol. The van der Waals surface area contributed by atoms with Crippen LogP contribution < -0.4 is 10.1 Å². The molecule has 3 rings (SSSR count). The molecule has 0 fully saturated rings. The van der Waals surface area contributed by atoms with Crippen molar-refractivity contribution in [3.63, 3.8) is 0 Å². The third-order valence-electron chi connectivity index (χ3n) is 6.15. The third kappa shape index (κ3) is 8.13. The van der Waals surface area contributed by atoms with Crippen LogP contribution in [0.5, 0.6) is 5.75 Å². The SMILES string of the molecule is CC[C@H](C)NC(=O)[C@@H](Cc1ccccc1)N(Cc1c(Cl)cccc1Cl)C(=O)COc1ccc(Cl)c(C)c1. The maximum Gasteiger partial charge on any atom is 0.261 e. The number of carbonyl (C=O) groups excluding carboxylic acids is 2. The highest BCUT2D eigenvalue weighted by Gasteiger charge is 2.32. The zero-order valence-corrected chi connectivity index (χ0v) is 23.4. The number of nitrogens with one attached hydrogen (secondary N) is 1. The molecule has 0 saturated heterocycles. The average molecular weight is 562 g/mol. The van der Waals surface area contributed by atoms with E-state index in [0.717, 1.165) is 17.5 Å². The van der Waals surface area contributed by atoms with Gasteiger partial charge in [0.05, 0.1) is 0 Å². The Morgan fingerprint density at radius 3 is 2.24 bits per heavy atom. The van der Waals surface area contributed by atoms with Gasteiger partial charge in [-0.15, -0.1) is 0 Å². The molecular formula is C29H31Cl3N2O3. The van der Waals surface area contributed by atoms with Gasteiger partial charge >= 0.3 is 0 Å². The summed E-state index contributed by atoms with van der Waals surface area (Å²) in [7, 11) is 0. The van der Waals surface area contributed by atoms with Gasteiger partial charge in [0, 0.05) is 39.6 Å². The largest absolute Gasteiger partial charge is 0.484 e. The minimum absolute atomic E-state index is 0.0474. The lowest BCUT2D eigenvalue weighted by Gasteiger charge is -2.32. The first kappa shape index (κ1) is 28.8. The summed E-state index contributed by atoms with van der Waals surface area (Å²) in [6, 6.07) is 19.1. The van der Waals surface area contributed by atoms with E-state index in [2.05, 4.69) is 5.32 Å². The van der Waals surface area contributed by atoms with Crippen molar-refractivity contribution in [2.45, 2.75) is 52.2 Å². The first-order valence-electron chi connectivity index (χ1n) is 12.1. The fourth-order valence-electron chi connectivity index (χ4n) is 3.78. The highest BCUT2D eigenvalue weighted by atomic mass is 35.5. The molecule has 196 valence electrons. The summed E-state index contributed by atoms with van der Waals surface area (Å²) in [6.45, 7) is 5.56. The summed E-state index contributed by atoms with van der Waals surface area (Å²) >= 11 is 19.1. The van der Waals surface area contributed by atoms with E-state index in [1.54, 1.807) is 36.4 Å². The van der Waals surface area contributed by atoms with E-state index < -0.39 is 6.04 Å². The van der Waals surface area contributed by atoms with Crippen molar-refractivity contribution < 1.29 is 14.3 Å². The molecule has 0 bridgehead atoms. The molecule has 5 nitrogen and oxygen atoms in total. The summed E-state index contributed by atoms with van der Waals surface area (Å²) in [5, 5.41) is 4.48. The zero-order valence-electron chi connectivity index (χ0n) is 21.1. The molecule has 37 heavy (non-hydrogen) atoms.